The Morgan fingerprint density at radius 1 is 1.41 bits per heavy atom. The Labute approximate surface area is 106 Å². The van der Waals surface area contributed by atoms with E-state index in [-0.39, 0.29) is 5.91 Å². The third-order valence-electron chi connectivity index (χ3n) is 2.58. The fraction of sp³-hybridized carbons (Fsp3) is 0.727. The van der Waals surface area contributed by atoms with Crippen LogP contribution >= 0.6 is 11.3 Å². The van der Waals surface area contributed by atoms with E-state index in [1.165, 1.54) is 11.3 Å². The lowest BCUT2D eigenvalue weighted by Crippen LogP contribution is -2.45. The molecular formula is C11H20N4OS. The van der Waals surface area contributed by atoms with E-state index in [0.29, 0.717) is 11.0 Å². The van der Waals surface area contributed by atoms with Gasteiger partial charge in [0, 0.05) is 5.92 Å². The van der Waals surface area contributed by atoms with Crippen LogP contribution in [-0.2, 0) is 4.79 Å². The van der Waals surface area contributed by atoms with Crippen molar-refractivity contribution in [1.29, 1.82) is 0 Å². The van der Waals surface area contributed by atoms with Crippen LogP contribution < -0.4 is 11.1 Å². The Hall–Kier alpha value is -1.01. The highest BCUT2D eigenvalue weighted by Gasteiger charge is 2.23. The molecule has 1 heterocycles. The minimum atomic E-state index is -0.902. The van der Waals surface area contributed by atoms with Crippen LogP contribution in [0.1, 0.15) is 51.5 Å². The van der Waals surface area contributed by atoms with Gasteiger partial charge in [0.1, 0.15) is 5.01 Å². The fourth-order valence-corrected chi connectivity index (χ4v) is 2.35. The lowest BCUT2D eigenvalue weighted by molar-refractivity contribution is -0.120. The van der Waals surface area contributed by atoms with Crippen molar-refractivity contribution in [3.05, 3.63) is 5.01 Å². The minimum absolute atomic E-state index is 0.246. The molecule has 0 unspecified atom stereocenters. The summed E-state index contributed by atoms with van der Waals surface area (Å²) in [5.41, 5.74) is 4.79. The second-order valence-corrected chi connectivity index (χ2v) is 5.64. The zero-order chi connectivity index (χ0) is 13.1. The third kappa shape index (κ3) is 3.74. The van der Waals surface area contributed by atoms with Crippen LogP contribution in [0.2, 0.25) is 0 Å². The maximum Gasteiger partial charge on any atom is 0.245 e. The van der Waals surface area contributed by atoms with Gasteiger partial charge in [-0.1, -0.05) is 25.2 Å². The van der Waals surface area contributed by atoms with E-state index in [2.05, 4.69) is 29.4 Å². The van der Waals surface area contributed by atoms with E-state index in [1.807, 2.05) is 0 Å². The second-order valence-electron chi connectivity index (χ2n) is 4.63. The Morgan fingerprint density at radius 2 is 2.00 bits per heavy atom. The average molecular weight is 256 g/mol. The first-order valence-electron chi connectivity index (χ1n) is 5.82. The van der Waals surface area contributed by atoms with Gasteiger partial charge in [-0.05, 0) is 26.7 Å². The summed E-state index contributed by atoms with van der Waals surface area (Å²) in [6.45, 7) is 7.56. The van der Waals surface area contributed by atoms with Gasteiger partial charge in [0.2, 0.25) is 11.0 Å². The molecule has 17 heavy (non-hydrogen) atoms. The number of carbonyl (C=O) groups excluding carboxylic acids is 1. The molecular weight excluding hydrogens is 236 g/mol. The van der Waals surface area contributed by atoms with Gasteiger partial charge >= 0.3 is 0 Å². The van der Waals surface area contributed by atoms with E-state index in [4.69, 9.17) is 5.73 Å². The molecule has 3 N–H and O–H groups in total. The van der Waals surface area contributed by atoms with Gasteiger partial charge in [0.05, 0.1) is 5.54 Å². The highest BCUT2D eigenvalue weighted by molar-refractivity contribution is 7.15. The van der Waals surface area contributed by atoms with Crippen molar-refractivity contribution < 1.29 is 4.79 Å². The normalized spacial score (nSPS) is 11.9. The first kappa shape index (κ1) is 14.1. The highest BCUT2D eigenvalue weighted by Crippen LogP contribution is 2.28. The quantitative estimate of drug-likeness (QED) is 0.845. The van der Waals surface area contributed by atoms with Crippen molar-refractivity contribution in [2.24, 2.45) is 5.73 Å². The summed E-state index contributed by atoms with van der Waals surface area (Å²) in [7, 11) is 0. The minimum Gasteiger partial charge on any atom is -0.318 e. The van der Waals surface area contributed by atoms with Gasteiger partial charge in [-0.25, -0.2) is 0 Å². The largest absolute Gasteiger partial charge is 0.318 e. The van der Waals surface area contributed by atoms with Crippen molar-refractivity contribution in [2.45, 2.75) is 52.0 Å². The molecule has 1 aromatic rings. The molecule has 1 aromatic heterocycles. The summed E-state index contributed by atoms with van der Waals surface area (Å²) in [5.74, 6) is 0.175. The summed E-state index contributed by atoms with van der Waals surface area (Å²) in [6.07, 6.45) is 2.06. The van der Waals surface area contributed by atoms with Gasteiger partial charge in [-0.3, -0.25) is 10.1 Å². The molecule has 0 saturated carbocycles. The van der Waals surface area contributed by atoms with Crippen molar-refractivity contribution in [3.63, 3.8) is 0 Å². The smallest absolute Gasteiger partial charge is 0.245 e. The molecule has 0 saturated heterocycles. The maximum absolute atomic E-state index is 11.7. The van der Waals surface area contributed by atoms with Gasteiger partial charge in [-0.2, -0.15) is 0 Å². The van der Waals surface area contributed by atoms with Crippen LogP contribution in [0.3, 0.4) is 0 Å². The Balaban J connectivity index is 2.72. The van der Waals surface area contributed by atoms with Gasteiger partial charge < -0.3 is 5.73 Å². The molecule has 1 rings (SSSR count). The number of nitrogens with two attached hydrogens (primary N) is 1. The van der Waals surface area contributed by atoms with Crippen LogP contribution in [0, 0.1) is 0 Å². The number of rotatable bonds is 5. The number of nitrogens with one attached hydrogen (secondary N) is 1. The summed E-state index contributed by atoms with van der Waals surface area (Å²) < 4.78 is 0. The molecule has 5 nitrogen and oxygen atoms in total. The Kier molecular flexibility index (Phi) is 4.59. The zero-order valence-electron chi connectivity index (χ0n) is 10.8. The molecule has 6 heteroatoms. The monoisotopic (exact) mass is 256 g/mol. The van der Waals surface area contributed by atoms with Crippen LogP contribution in [0.4, 0.5) is 5.13 Å². The molecule has 1 amide bonds. The van der Waals surface area contributed by atoms with Gasteiger partial charge in [0.15, 0.2) is 0 Å². The number of carbonyl (C=O) groups is 1. The van der Waals surface area contributed by atoms with Crippen LogP contribution in [0.25, 0.3) is 0 Å². The molecule has 96 valence electrons. The molecule has 0 spiro atoms. The lowest BCUT2D eigenvalue weighted by atomic mass is 10.1. The number of anilines is 1. The standard InChI is InChI=1S/C11H20N4OS/c1-5-7(6-2)8-14-15-10(17-8)13-9(16)11(3,4)12/h7H,5-6,12H2,1-4H3,(H,13,15,16). The van der Waals surface area contributed by atoms with Crippen LogP contribution in [0.15, 0.2) is 0 Å². The predicted molar refractivity (Wildman–Crippen MR) is 70.1 cm³/mol. The molecule has 0 atom stereocenters. The van der Waals surface area contributed by atoms with Crippen molar-refractivity contribution >= 4 is 22.4 Å². The lowest BCUT2D eigenvalue weighted by Gasteiger charge is -2.15. The first-order chi connectivity index (χ1) is 7.88. The van der Waals surface area contributed by atoms with E-state index >= 15 is 0 Å². The fourth-order valence-electron chi connectivity index (χ4n) is 1.35. The van der Waals surface area contributed by atoms with E-state index in [1.54, 1.807) is 13.8 Å². The zero-order valence-corrected chi connectivity index (χ0v) is 11.6. The first-order valence-corrected chi connectivity index (χ1v) is 6.63. The summed E-state index contributed by atoms with van der Waals surface area (Å²) >= 11 is 1.42. The SMILES string of the molecule is CCC(CC)c1nnc(NC(=O)C(C)(C)N)s1. The maximum atomic E-state index is 11.7. The average Bonchev–Trinajstić information content (AvgIpc) is 2.67. The number of hydrogen-bond acceptors (Lipinski definition) is 5. The molecule has 0 fully saturated rings. The van der Waals surface area contributed by atoms with E-state index < -0.39 is 5.54 Å². The van der Waals surface area contributed by atoms with Crippen molar-refractivity contribution in [3.8, 4) is 0 Å². The van der Waals surface area contributed by atoms with Crippen molar-refractivity contribution in [1.82, 2.24) is 10.2 Å². The van der Waals surface area contributed by atoms with E-state index in [9.17, 15) is 4.79 Å². The van der Waals surface area contributed by atoms with Crippen LogP contribution in [0.5, 0.6) is 0 Å². The molecule has 0 radical (unpaired) electrons. The van der Waals surface area contributed by atoms with Gasteiger partial charge in [-0.15, -0.1) is 10.2 Å². The van der Waals surface area contributed by atoms with Crippen molar-refractivity contribution in [2.75, 3.05) is 5.32 Å². The molecule has 0 aliphatic rings. The number of aromatic nitrogens is 2. The summed E-state index contributed by atoms with van der Waals surface area (Å²) in [4.78, 5) is 11.7. The summed E-state index contributed by atoms with van der Waals surface area (Å²) in [6, 6.07) is 0. The number of nitrogens with zero attached hydrogens (tertiary/aromatic N) is 2. The predicted octanol–water partition coefficient (Wildman–Crippen LogP) is 2.12. The van der Waals surface area contributed by atoms with Crippen LogP contribution in [-0.4, -0.2) is 21.6 Å². The molecule has 0 aliphatic carbocycles. The third-order valence-corrected chi connectivity index (χ3v) is 3.58. The molecule has 0 aromatic carbocycles. The Morgan fingerprint density at radius 3 is 2.47 bits per heavy atom. The molecule has 0 bridgehead atoms. The Bertz CT molecular complexity index is 379. The molecule has 0 aliphatic heterocycles. The highest BCUT2D eigenvalue weighted by atomic mass is 32.1. The van der Waals surface area contributed by atoms with E-state index in [0.717, 1.165) is 17.8 Å². The topological polar surface area (TPSA) is 80.9 Å². The summed E-state index contributed by atoms with van der Waals surface area (Å²) in [5, 5.41) is 12.3. The van der Waals surface area contributed by atoms with Gasteiger partial charge in [0.25, 0.3) is 0 Å². The number of hydrogen-bond donors (Lipinski definition) is 2. The number of amides is 1. The second kappa shape index (κ2) is 5.55.